The lowest BCUT2D eigenvalue weighted by molar-refractivity contribution is -0.137. The zero-order valence-electron chi connectivity index (χ0n) is 12.1. The summed E-state index contributed by atoms with van der Waals surface area (Å²) in [4.78, 5) is 25.0. The fourth-order valence-electron chi connectivity index (χ4n) is 2.52. The first-order chi connectivity index (χ1) is 9.50. The van der Waals surface area contributed by atoms with Gasteiger partial charge in [-0.2, -0.15) is 0 Å². The third kappa shape index (κ3) is 3.03. The largest absolute Gasteiger partial charge is 0.481 e. The molecule has 0 bridgehead atoms. The van der Waals surface area contributed by atoms with Gasteiger partial charge in [-0.3, -0.25) is 9.59 Å². The van der Waals surface area contributed by atoms with Crippen molar-refractivity contribution in [2.75, 3.05) is 6.54 Å². The predicted octanol–water partition coefficient (Wildman–Crippen LogP) is 2.54. The third-order valence-electron chi connectivity index (χ3n) is 3.92. The Labute approximate surface area is 119 Å². The summed E-state index contributed by atoms with van der Waals surface area (Å²) in [5, 5.41) is 8.80. The van der Waals surface area contributed by atoms with E-state index in [0.29, 0.717) is 11.7 Å². The number of rotatable bonds is 6. The summed E-state index contributed by atoms with van der Waals surface area (Å²) in [6.07, 6.45) is 5.38. The molecule has 0 spiro atoms. The molecule has 1 aliphatic rings. The van der Waals surface area contributed by atoms with Crippen LogP contribution in [0.4, 0.5) is 0 Å². The zero-order chi connectivity index (χ0) is 14.7. The van der Waals surface area contributed by atoms with Gasteiger partial charge in [0.15, 0.2) is 0 Å². The van der Waals surface area contributed by atoms with Gasteiger partial charge in [0, 0.05) is 24.8 Å². The number of aromatic nitrogens is 1. The Kier molecular flexibility index (Phi) is 4.47. The molecule has 2 rings (SSSR count). The highest BCUT2D eigenvalue weighted by Crippen LogP contribution is 2.33. The first-order valence-corrected chi connectivity index (χ1v) is 7.20. The quantitative estimate of drug-likeness (QED) is 0.869. The number of carbonyl (C=O) groups excluding carboxylic acids is 1. The molecule has 1 amide bonds. The van der Waals surface area contributed by atoms with E-state index in [1.54, 1.807) is 4.90 Å². The molecule has 1 aromatic rings. The second-order valence-corrected chi connectivity index (χ2v) is 5.62. The number of carboxylic acid groups (broad SMARTS) is 1. The maximum atomic E-state index is 12.6. The number of nitrogens with zero attached hydrogens (tertiary/aromatic N) is 2. The molecule has 20 heavy (non-hydrogen) atoms. The smallest absolute Gasteiger partial charge is 0.305 e. The van der Waals surface area contributed by atoms with Crippen LogP contribution in [0, 0.1) is 0 Å². The SMILES string of the molecule is CC(C)N(CCC(=O)O)C(=O)c1cccn1C1CCC1. The molecule has 5 nitrogen and oxygen atoms in total. The minimum absolute atomic E-state index is 0.00779. The standard InChI is InChI=1S/C15H22N2O3/c1-11(2)16(10-8-14(18)19)15(20)13-7-4-9-17(13)12-5-3-6-12/h4,7,9,11-12H,3,5-6,8,10H2,1-2H3,(H,18,19). The van der Waals surface area contributed by atoms with E-state index in [1.165, 1.54) is 6.42 Å². The molecule has 0 radical (unpaired) electrons. The van der Waals surface area contributed by atoms with Gasteiger partial charge in [-0.25, -0.2) is 0 Å². The Morgan fingerprint density at radius 1 is 1.45 bits per heavy atom. The van der Waals surface area contributed by atoms with E-state index in [-0.39, 0.29) is 24.9 Å². The van der Waals surface area contributed by atoms with Gasteiger partial charge in [-0.15, -0.1) is 0 Å². The van der Waals surface area contributed by atoms with E-state index in [1.807, 2.05) is 36.7 Å². The highest BCUT2D eigenvalue weighted by atomic mass is 16.4. The summed E-state index contributed by atoms with van der Waals surface area (Å²) < 4.78 is 2.04. The van der Waals surface area contributed by atoms with E-state index < -0.39 is 5.97 Å². The Balaban J connectivity index is 2.14. The molecule has 1 heterocycles. The van der Waals surface area contributed by atoms with Gasteiger partial charge < -0.3 is 14.6 Å². The predicted molar refractivity (Wildman–Crippen MR) is 75.7 cm³/mol. The molecule has 5 heteroatoms. The lowest BCUT2D eigenvalue weighted by atomic mass is 9.93. The number of hydrogen-bond donors (Lipinski definition) is 1. The Hall–Kier alpha value is -1.78. The highest BCUT2D eigenvalue weighted by molar-refractivity contribution is 5.93. The summed E-state index contributed by atoms with van der Waals surface area (Å²) in [6.45, 7) is 4.08. The number of carbonyl (C=O) groups is 2. The third-order valence-corrected chi connectivity index (χ3v) is 3.92. The van der Waals surface area contributed by atoms with Crippen molar-refractivity contribution in [3.05, 3.63) is 24.0 Å². The summed E-state index contributed by atoms with van der Waals surface area (Å²) in [7, 11) is 0. The van der Waals surface area contributed by atoms with Crippen LogP contribution in [-0.4, -0.2) is 39.0 Å². The van der Waals surface area contributed by atoms with E-state index >= 15 is 0 Å². The number of carboxylic acids is 1. The molecule has 0 aliphatic heterocycles. The topological polar surface area (TPSA) is 62.5 Å². The fraction of sp³-hybridized carbons (Fsp3) is 0.600. The molecular formula is C15H22N2O3. The van der Waals surface area contributed by atoms with Crippen molar-refractivity contribution in [3.8, 4) is 0 Å². The molecular weight excluding hydrogens is 256 g/mol. The monoisotopic (exact) mass is 278 g/mol. The van der Waals surface area contributed by atoms with Crippen molar-refractivity contribution < 1.29 is 14.7 Å². The van der Waals surface area contributed by atoms with Gasteiger partial charge in [-0.05, 0) is 45.2 Å². The van der Waals surface area contributed by atoms with Crippen LogP contribution in [0.25, 0.3) is 0 Å². The van der Waals surface area contributed by atoms with E-state index in [4.69, 9.17) is 5.11 Å². The average Bonchev–Trinajstić information content (AvgIpc) is 2.74. The van der Waals surface area contributed by atoms with Crippen LogP contribution in [0.15, 0.2) is 18.3 Å². The van der Waals surface area contributed by atoms with E-state index in [0.717, 1.165) is 12.8 Å². The molecule has 1 fully saturated rings. The lowest BCUT2D eigenvalue weighted by Gasteiger charge is -2.31. The molecule has 1 saturated carbocycles. The summed E-state index contributed by atoms with van der Waals surface area (Å²) >= 11 is 0. The number of hydrogen-bond acceptors (Lipinski definition) is 2. The van der Waals surface area contributed by atoms with Gasteiger partial charge in [-0.1, -0.05) is 0 Å². The van der Waals surface area contributed by atoms with Gasteiger partial charge in [0.05, 0.1) is 6.42 Å². The van der Waals surface area contributed by atoms with Crippen molar-refractivity contribution in [1.82, 2.24) is 9.47 Å². The normalized spacial score (nSPS) is 15.2. The molecule has 110 valence electrons. The maximum Gasteiger partial charge on any atom is 0.305 e. The first kappa shape index (κ1) is 14.6. The van der Waals surface area contributed by atoms with E-state index in [9.17, 15) is 9.59 Å². The second kappa shape index (κ2) is 6.11. The fourth-order valence-corrected chi connectivity index (χ4v) is 2.52. The molecule has 0 saturated heterocycles. The van der Waals surface area contributed by atoms with Gasteiger partial charge in [0.25, 0.3) is 5.91 Å². The molecule has 0 aromatic carbocycles. The van der Waals surface area contributed by atoms with Crippen molar-refractivity contribution in [2.45, 2.75) is 51.6 Å². The van der Waals surface area contributed by atoms with E-state index in [2.05, 4.69) is 0 Å². The molecule has 1 aromatic heterocycles. The van der Waals surface area contributed by atoms with Gasteiger partial charge in [0.1, 0.15) is 5.69 Å². The Morgan fingerprint density at radius 2 is 2.15 bits per heavy atom. The molecule has 0 unspecified atom stereocenters. The van der Waals surface area contributed by atoms with Crippen molar-refractivity contribution in [1.29, 1.82) is 0 Å². The minimum Gasteiger partial charge on any atom is -0.481 e. The van der Waals surface area contributed by atoms with Crippen LogP contribution in [0.1, 0.15) is 56.1 Å². The second-order valence-electron chi connectivity index (χ2n) is 5.62. The van der Waals surface area contributed by atoms with Crippen LogP contribution in [0.5, 0.6) is 0 Å². The summed E-state index contributed by atoms with van der Waals surface area (Å²) in [5.41, 5.74) is 0.675. The van der Waals surface area contributed by atoms with Crippen molar-refractivity contribution in [2.24, 2.45) is 0 Å². The van der Waals surface area contributed by atoms with Crippen LogP contribution in [0.3, 0.4) is 0 Å². The highest BCUT2D eigenvalue weighted by Gasteiger charge is 2.26. The lowest BCUT2D eigenvalue weighted by Crippen LogP contribution is -2.40. The zero-order valence-corrected chi connectivity index (χ0v) is 12.1. The molecule has 1 N–H and O–H groups in total. The Morgan fingerprint density at radius 3 is 2.65 bits per heavy atom. The van der Waals surface area contributed by atoms with Crippen LogP contribution in [0.2, 0.25) is 0 Å². The Bertz CT molecular complexity index is 489. The maximum absolute atomic E-state index is 12.6. The number of amides is 1. The van der Waals surface area contributed by atoms with Crippen LogP contribution >= 0.6 is 0 Å². The summed E-state index contributed by atoms with van der Waals surface area (Å²) in [6, 6.07) is 4.14. The molecule has 1 aliphatic carbocycles. The van der Waals surface area contributed by atoms with Crippen LogP contribution < -0.4 is 0 Å². The number of aliphatic carboxylic acids is 1. The average molecular weight is 278 g/mol. The first-order valence-electron chi connectivity index (χ1n) is 7.20. The van der Waals surface area contributed by atoms with Crippen molar-refractivity contribution >= 4 is 11.9 Å². The molecule has 0 atom stereocenters. The summed E-state index contributed by atoms with van der Waals surface area (Å²) in [5.74, 6) is -0.948. The van der Waals surface area contributed by atoms with Gasteiger partial charge >= 0.3 is 5.97 Å². The minimum atomic E-state index is -0.877. The van der Waals surface area contributed by atoms with Crippen molar-refractivity contribution in [3.63, 3.8) is 0 Å². The van der Waals surface area contributed by atoms with Crippen LogP contribution in [-0.2, 0) is 4.79 Å². The van der Waals surface area contributed by atoms with Gasteiger partial charge in [0.2, 0.25) is 0 Å².